The number of carbonyl (C=O) groups excluding carboxylic acids is 1. The van der Waals surface area contributed by atoms with Crippen molar-refractivity contribution in [2.45, 2.75) is 79.2 Å². The molecule has 23 heavy (non-hydrogen) atoms. The Labute approximate surface area is 140 Å². The topological polar surface area (TPSA) is 86.6 Å². The van der Waals surface area contributed by atoms with E-state index in [1.807, 2.05) is 6.92 Å². The van der Waals surface area contributed by atoms with Gasteiger partial charge < -0.3 is 20.3 Å². The van der Waals surface area contributed by atoms with Gasteiger partial charge in [0.1, 0.15) is 5.78 Å². The number of hydrogen-bond acceptors (Lipinski definition) is 4. The zero-order valence-electron chi connectivity index (χ0n) is 15.7. The predicted molar refractivity (Wildman–Crippen MR) is 92.5 cm³/mol. The van der Waals surface area contributed by atoms with Crippen LogP contribution in [0.1, 0.15) is 73.6 Å². The summed E-state index contributed by atoms with van der Waals surface area (Å²) >= 11 is 0. The summed E-state index contributed by atoms with van der Waals surface area (Å²) in [4.78, 5) is 22.3. The van der Waals surface area contributed by atoms with Gasteiger partial charge in [-0.25, -0.2) is 0 Å². The number of hydrogen-bond donors (Lipinski definition) is 3. The van der Waals surface area contributed by atoms with E-state index < -0.39 is 16.9 Å². The molecule has 0 fully saturated rings. The van der Waals surface area contributed by atoms with E-state index >= 15 is 0 Å². The van der Waals surface area contributed by atoms with E-state index in [4.69, 9.17) is 0 Å². The third-order valence-corrected chi connectivity index (χ3v) is 4.74. The molecule has 136 valence electrons. The van der Waals surface area contributed by atoms with Gasteiger partial charge in [0.05, 0.1) is 12.0 Å². The Morgan fingerprint density at radius 1 is 0.957 bits per heavy atom. The van der Waals surface area contributed by atoms with Crippen LogP contribution in [0.2, 0.25) is 0 Å². The first kappa shape index (κ1) is 22.1. The van der Waals surface area contributed by atoms with Crippen LogP contribution in [-0.4, -0.2) is 40.7 Å². The van der Waals surface area contributed by atoms with Crippen LogP contribution < -0.4 is 5.32 Å². The molecule has 0 aromatic rings. The molecular formula is C18H35NO4. The largest absolute Gasteiger partial charge is 0.481 e. The monoisotopic (exact) mass is 329 g/mol. The molecule has 0 spiro atoms. The first-order chi connectivity index (χ1) is 10.3. The van der Waals surface area contributed by atoms with Crippen molar-refractivity contribution >= 4 is 11.8 Å². The molecule has 0 aliphatic carbocycles. The van der Waals surface area contributed by atoms with Crippen molar-refractivity contribution in [2.24, 2.45) is 10.8 Å². The molecule has 0 saturated carbocycles. The van der Waals surface area contributed by atoms with Gasteiger partial charge in [-0.2, -0.15) is 0 Å². The molecule has 1 unspecified atom stereocenters. The number of carboxylic acid groups (broad SMARTS) is 1. The summed E-state index contributed by atoms with van der Waals surface area (Å²) in [5, 5.41) is 22.1. The summed E-state index contributed by atoms with van der Waals surface area (Å²) in [5.74, 6) is -0.633. The minimum Gasteiger partial charge on any atom is -0.481 e. The van der Waals surface area contributed by atoms with Crippen LogP contribution in [0.15, 0.2) is 0 Å². The molecule has 0 radical (unpaired) electrons. The van der Waals surface area contributed by atoms with Crippen LogP contribution in [0.25, 0.3) is 0 Å². The predicted octanol–water partition coefficient (Wildman–Crippen LogP) is 3.00. The van der Waals surface area contributed by atoms with Crippen LogP contribution in [0, 0.1) is 10.8 Å². The van der Waals surface area contributed by atoms with Crippen molar-refractivity contribution in [3.8, 4) is 0 Å². The van der Waals surface area contributed by atoms with Gasteiger partial charge in [-0.1, -0.05) is 13.8 Å². The van der Waals surface area contributed by atoms with Gasteiger partial charge in [0.2, 0.25) is 0 Å². The zero-order chi connectivity index (χ0) is 18.3. The van der Waals surface area contributed by atoms with Crippen LogP contribution in [0.3, 0.4) is 0 Å². The lowest BCUT2D eigenvalue weighted by Gasteiger charge is -2.33. The second-order valence-corrected chi connectivity index (χ2v) is 8.45. The second kappa shape index (κ2) is 8.78. The summed E-state index contributed by atoms with van der Waals surface area (Å²) in [7, 11) is 0. The molecule has 0 heterocycles. The van der Waals surface area contributed by atoms with E-state index in [9.17, 15) is 19.8 Å². The smallest absolute Gasteiger partial charge is 0.309 e. The second-order valence-electron chi connectivity index (χ2n) is 8.45. The fourth-order valence-electron chi connectivity index (χ4n) is 2.26. The van der Waals surface area contributed by atoms with E-state index in [2.05, 4.69) is 19.2 Å². The minimum absolute atomic E-state index is 0.00719. The molecular weight excluding hydrogens is 294 g/mol. The number of Topliss-reactive ketones (excluding diaryl/α,β-unsaturated/α-hetero) is 1. The van der Waals surface area contributed by atoms with E-state index in [1.54, 1.807) is 20.8 Å². The number of carbonyl (C=O) groups is 2. The number of aliphatic carboxylic acids is 1. The quantitative estimate of drug-likeness (QED) is 0.512. The molecule has 0 bridgehead atoms. The van der Waals surface area contributed by atoms with Gasteiger partial charge >= 0.3 is 5.97 Å². The molecule has 0 aromatic carbocycles. The highest BCUT2D eigenvalue weighted by atomic mass is 16.4. The Hall–Kier alpha value is -0.940. The lowest BCUT2D eigenvalue weighted by molar-refractivity contribution is -0.147. The number of carboxylic acids is 1. The SMILES string of the molecule is CC(=O)CCC(C)(CO)NCCC(C)(C)CCC(C)(C)C(=O)O. The first-order valence-electron chi connectivity index (χ1n) is 8.42. The van der Waals surface area contributed by atoms with Crippen LogP contribution in [-0.2, 0) is 9.59 Å². The summed E-state index contributed by atoms with van der Waals surface area (Å²) < 4.78 is 0. The molecule has 5 nitrogen and oxygen atoms in total. The number of aliphatic hydroxyl groups excluding tert-OH is 1. The Kier molecular flexibility index (Phi) is 8.43. The van der Waals surface area contributed by atoms with Crippen molar-refractivity contribution in [2.75, 3.05) is 13.2 Å². The van der Waals surface area contributed by atoms with Gasteiger partial charge in [-0.3, -0.25) is 4.79 Å². The third-order valence-electron chi connectivity index (χ3n) is 4.74. The minimum atomic E-state index is -0.761. The van der Waals surface area contributed by atoms with E-state index in [1.165, 1.54) is 0 Å². The molecule has 3 N–H and O–H groups in total. The van der Waals surface area contributed by atoms with Gasteiger partial charge in [0, 0.05) is 12.0 Å². The van der Waals surface area contributed by atoms with Gasteiger partial charge in [-0.15, -0.1) is 0 Å². The summed E-state index contributed by atoms with van der Waals surface area (Å²) in [6.45, 7) is 12.0. The van der Waals surface area contributed by atoms with Crippen LogP contribution in [0.4, 0.5) is 0 Å². The zero-order valence-corrected chi connectivity index (χ0v) is 15.7. The highest BCUT2D eigenvalue weighted by Crippen LogP contribution is 2.33. The van der Waals surface area contributed by atoms with Crippen molar-refractivity contribution in [3.63, 3.8) is 0 Å². The molecule has 0 amide bonds. The number of rotatable bonds is 12. The average molecular weight is 329 g/mol. The molecule has 0 aliphatic heterocycles. The number of aliphatic hydroxyl groups is 1. The fraction of sp³-hybridized carbons (Fsp3) is 0.889. The molecule has 1 atom stereocenters. The standard InChI is InChI=1S/C18H35NO4/c1-14(21)7-8-18(6,13-20)19-12-11-16(2,3)9-10-17(4,5)15(22)23/h19-20H,7-13H2,1-6H3,(H,22,23). The van der Waals surface area contributed by atoms with Crippen molar-refractivity contribution in [1.29, 1.82) is 0 Å². The van der Waals surface area contributed by atoms with Gasteiger partial charge in [0.15, 0.2) is 0 Å². The van der Waals surface area contributed by atoms with E-state index in [0.717, 1.165) is 19.4 Å². The molecule has 5 heteroatoms. The van der Waals surface area contributed by atoms with E-state index in [-0.39, 0.29) is 17.8 Å². The highest BCUT2D eigenvalue weighted by Gasteiger charge is 2.30. The lowest BCUT2D eigenvalue weighted by atomic mass is 9.77. The average Bonchev–Trinajstić information content (AvgIpc) is 2.43. The van der Waals surface area contributed by atoms with Gasteiger partial charge in [-0.05, 0) is 65.3 Å². The van der Waals surface area contributed by atoms with Gasteiger partial charge in [0.25, 0.3) is 0 Å². The Morgan fingerprint density at radius 2 is 1.52 bits per heavy atom. The number of nitrogens with one attached hydrogen (secondary N) is 1. The van der Waals surface area contributed by atoms with Crippen molar-refractivity contribution in [1.82, 2.24) is 5.32 Å². The number of ketones is 1. The first-order valence-corrected chi connectivity index (χ1v) is 8.42. The molecule has 0 aromatic heterocycles. The van der Waals surface area contributed by atoms with Crippen molar-refractivity contribution < 1.29 is 19.8 Å². The third kappa shape index (κ3) is 9.06. The Morgan fingerprint density at radius 3 is 1.96 bits per heavy atom. The van der Waals surface area contributed by atoms with Crippen molar-refractivity contribution in [3.05, 3.63) is 0 Å². The van der Waals surface area contributed by atoms with Crippen LogP contribution in [0.5, 0.6) is 0 Å². The normalized spacial score (nSPS) is 15.3. The summed E-state index contributed by atoms with van der Waals surface area (Å²) in [6, 6.07) is 0. The summed E-state index contributed by atoms with van der Waals surface area (Å²) in [6.07, 6.45) is 3.43. The molecule has 0 rings (SSSR count). The molecule has 0 saturated heterocycles. The van der Waals surface area contributed by atoms with Crippen LogP contribution >= 0.6 is 0 Å². The highest BCUT2D eigenvalue weighted by molar-refractivity contribution is 5.75. The molecule has 0 aliphatic rings. The summed E-state index contributed by atoms with van der Waals surface area (Å²) in [5.41, 5.74) is -1.12. The maximum atomic E-state index is 11.2. The Bertz CT molecular complexity index is 404. The Balaban J connectivity index is 4.36. The maximum absolute atomic E-state index is 11.2. The van der Waals surface area contributed by atoms with E-state index in [0.29, 0.717) is 19.3 Å². The maximum Gasteiger partial charge on any atom is 0.309 e. The lowest BCUT2D eigenvalue weighted by Crippen LogP contribution is -2.47. The fourth-order valence-corrected chi connectivity index (χ4v) is 2.26.